The SMILES string of the molecule is [CH]=CC(O)C(C)O. The average Bonchev–Trinajstić information content (AvgIpc) is 1.65. The van der Waals surface area contributed by atoms with Crippen LogP contribution < -0.4 is 0 Å². The molecule has 7 heavy (non-hydrogen) atoms. The van der Waals surface area contributed by atoms with Crippen LogP contribution in [0.1, 0.15) is 6.92 Å². The van der Waals surface area contributed by atoms with E-state index in [1.54, 1.807) is 0 Å². The van der Waals surface area contributed by atoms with Gasteiger partial charge in [-0.05, 0) is 6.92 Å². The zero-order valence-electron chi connectivity index (χ0n) is 4.20. The second-order valence-corrected chi connectivity index (χ2v) is 1.42. The van der Waals surface area contributed by atoms with E-state index in [1.807, 2.05) is 0 Å². The fraction of sp³-hybridized carbons (Fsp3) is 0.600. The van der Waals surface area contributed by atoms with Crippen molar-refractivity contribution in [2.45, 2.75) is 19.1 Å². The number of hydrogen-bond donors (Lipinski definition) is 2. The highest BCUT2D eigenvalue weighted by Gasteiger charge is 2.02. The van der Waals surface area contributed by atoms with Crippen molar-refractivity contribution < 1.29 is 10.2 Å². The van der Waals surface area contributed by atoms with Crippen molar-refractivity contribution in [3.05, 3.63) is 12.7 Å². The fourth-order valence-corrected chi connectivity index (χ4v) is 0.161. The average molecular weight is 101 g/mol. The molecule has 2 heteroatoms. The Morgan fingerprint density at radius 1 is 1.57 bits per heavy atom. The second kappa shape index (κ2) is 2.77. The van der Waals surface area contributed by atoms with E-state index in [9.17, 15) is 0 Å². The van der Waals surface area contributed by atoms with Crippen LogP contribution in [-0.4, -0.2) is 22.4 Å². The Labute approximate surface area is 43.1 Å². The molecular formula is C5H9O2. The zero-order valence-corrected chi connectivity index (χ0v) is 4.20. The second-order valence-electron chi connectivity index (χ2n) is 1.42. The van der Waals surface area contributed by atoms with Crippen molar-refractivity contribution in [1.29, 1.82) is 0 Å². The maximum Gasteiger partial charge on any atom is 0.0980 e. The van der Waals surface area contributed by atoms with Gasteiger partial charge in [0.15, 0.2) is 0 Å². The molecule has 0 saturated heterocycles. The number of rotatable bonds is 2. The first-order chi connectivity index (χ1) is 3.18. The highest BCUT2D eigenvalue weighted by atomic mass is 16.3. The van der Waals surface area contributed by atoms with Crippen molar-refractivity contribution in [1.82, 2.24) is 0 Å². The minimum Gasteiger partial charge on any atom is -0.390 e. The third-order valence-corrected chi connectivity index (χ3v) is 0.691. The van der Waals surface area contributed by atoms with Gasteiger partial charge in [-0.25, -0.2) is 0 Å². The first kappa shape index (κ1) is 6.66. The monoisotopic (exact) mass is 101 g/mol. The van der Waals surface area contributed by atoms with Crippen LogP contribution in [0.4, 0.5) is 0 Å². The third kappa shape index (κ3) is 2.37. The summed E-state index contributed by atoms with van der Waals surface area (Å²) in [5.41, 5.74) is 0. The van der Waals surface area contributed by atoms with Gasteiger partial charge in [-0.15, -0.1) is 0 Å². The number of hydrogen-bond acceptors (Lipinski definition) is 2. The van der Waals surface area contributed by atoms with Crippen LogP contribution in [0.3, 0.4) is 0 Å². The van der Waals surface area contributed by atoms with Crippen molar-refractivity contribution in [2.24, 2.45) is 0 Å². The molecule has 1 radical (unpaired) electrons. The van der Waals surface area contributed by atoms with Gasteiger partial charge in [-0.1, -0.05) is 12.7 Å². The molecule has 2 atom stereocenters. The van der Waals surface area contributed by atoms with Gasteiger partial charge in [-0.3, -0.25) is 0 Å². The quantitative estimate of drug-likeness (QED) is 0.502. The van der Waals surface area contributed by atoms with Crippen LogP contribution in [0.2, 0.25) is 0 Å². The molecule has 41 valence electrons. The highest BCUT2D eigenvalue weighted by molar-refractivity contribution is 4.78. The molecule has 0 rings (SSSR count). The van der Waals surface area contributed by atoms with Crippen LogP contribution in [0.15, 0.2) is 6.08 Å². The van der Waals surface area contributed by atoms with Crippen LogP contribution in [0.25, 0.3) is 0 Å². The molecule has 2 unspecified atom stereocenters. The Bertz CT molecular complexity index is 59.1. The van der Waals surface area contributed by atoms with E-state index in [0.29, 0.717) is 0 Å². The molecule has 0 aliphatic carbocycles. The topological polar surface area (TPSA) is 40.5 Å². The maximum absolute atomic E-state index is 8.50. The zero-order chi connectivity index (χ0) is 5.86. The Morgan fingerprint density at radius 3 is 2.00 bits per heavy atom. The number of aliphatic hydroxyl groups excluding tert-OH is 2. The van der Waals surface area contributed by atoms with Gasteiger partial charge in [0.1, 0.15) is 0 Å². The summed E-state index contributed by atoms with van der Waals surface area (Å²) in [6.07, 6.45) is -0.602. The predicted octanol–water partition coefficient (Wildman–Crippen LogP) is -0.283. The molecular weight excluding hydrogens is 92.1 g/mol. The molecule has 0 aromatic heterocycles. The van der Waals surface area contributed by atoms with Crippen LogP contribution in [0.5, 0.6) is 0 Å². The summed E-state index contributed by atoms with van der Waals surface area (Å²) in [5.74, 6) is 0. The van der Waals surface area contributed by atoms with Crippen LogP contribution >= 0.6 is 0 Å². The van der Waals surface area contributed by atoms with E-state index in [4.69, 9.17) is 16.8 Å². The van der Waals surface area contributed by atoms with Gasteiger partial charge in [0.2, 0.25) is 0 Å². The molecule has 2 nitrogen and oxygen atoms in total. The molecule has 0 aliphatic rings. The van der Waals surface area contributed by atoms with Crippen molar-refractivity contribution in [3.8, 4) is 0 Å². The summed E-state index contributed by atoms with van der Waals surface area (Å²) >= 11 is 0. The minimum absolute atomic E-state index is 0.759. The smallest absolute Gasteiger partial charge is 0.0980 e. The first-order valence-electron chi connectivity index (χ1n) is 2.09. The predicted molar refractivity (Wildman–Crippen MR) is 26.6 cm³/mol. The first-order valence-corrected chi connectivity index (χ1v) is 2.09. The highest BCUT2D eigenvalue weighted by Crippen LogP contribution is 1.89. The largest absolute Gasteiger partial charge is 0.390 e. The van der Waals surface area contributed by atoms with Gasteiger partial charge < -0.3 is 10.2 Å². The molecule has 0 heterocycles. The van der Waals surface area contributed by atoms with Crippen molar-refractivity contribution in [3.63, 3.8) is 0 Å². The van der Waals surface area contributed by atoms with E-state index in [0.717, 1.165) is 6.08 Å². The van der Waals surface area contributed by atoms with Gasteiger partial charge in [0, 0.05) is 0 Å². The molecule has 0 aromatic rings. The van der Waals surface area contributed by atoms with E-state index < -0.39 is 12.2 Å². The lowest BCUT2D eigenvalue weighted by molar-refractivity contribution is 0.0619. The van der Waals surface area contributed by atoms with E-state index in [2.05, 4.69) is 0 Å². The molecule has 2 N–H and O–H groups in total. The van der Waals surface area contributed by atoms with Gasteiger partial charge in [-0.2, -0.15) is 0 Å². The molecule has 0 spiro atoms. The van der Waals surface area contributed by atoms with E-state index >= 15 is 0 Å². The Balaban J connectivity index is 3.33. The molecule has 0 bridgehead atoms. The van der Waals surface area contributed by atoms with Crippen molar-refractivity contribution >= 4 is 0 Å². The summed E-state index contributed by atoms with van der Waals surface area (Å²) < 4.78 is 0. The van der Waals surface area contributed by atoms with E-state index in [1.165, 1.54) is 6.92 Å². The lowest BCUT2D eigenvalue weighted by Crippen LogP contribution is -2.18. The third-order valence-electron chi connectivity index (χ3n) is 0.691. The van der Waals surface area contributed by atoms with Gasteiger partial charge >= 0.3 is 0 Å². The summed E-state index contributed by atoms with van der Waals surface area (Å²) in [6.45, 7) is 6.30. The summed E-state index contributed by atoms with van der Waals surface area (Å²) in [5, 5.41) is 17.0. The fourth-order valence-electron chi connectivity index (χ4n) is 0.161. The lowest BCUT2D eigenvalue weighted by atomic mass is 10.2. The Morgan fingerprint density at radius 2 is 2.00 bits per heavy atom. The van der Waals surface area contributed by atoms with Crippen molar-refractivity contribution in [2.75, 3.05) is 0 Å². The lowest BCUT2D eigenvalue weighted by Gasteiger charge is -2.05. The molecule has 0 amide bonds. The Kier molecular flexibility index (Phi) is 2.64. The molecule has 0 aliphatic heterocycles. The van der Waals surface area contributed by atoms with Gasteiger partial charge in [0.05, 0.1) is 12.2 Å². The standard InChI is InChI=1S/C5H9O2/c1-3-5(7)4(2)6/h1,3-7H,2H3. The molecule has 0 fully saturated rings. The van der Waals surface area contributed by atoms with E-state index in [-0.39, 0.29) is 0 Å². The summed E-state index contributed by atoms with van der Waals surface area (Å²) in [7, 11) is 0. The number of aliphatic hydroxyl groups is 2. The summed E-state index contributed by atoms with van der Waals surface area (Å²) in [4.78, 5) is 0. The van der Waals surface area contributed by atoms with Crippen LogP contribution in [-0.2, 0) is 0 Å². The normalized spacial score (nSPS) is 18.1. The summed E-state index contributed by atoms with van der Waals surface area (Å²) in [6, 6.07) is 0. The van der Waals surface area contributed by atoms with Crippen LogP contribution in [0, 0.1) is 6.58 Å². The molecule has 0 saturated carbocycles. The van der Waals surface area contributed by atoms with Gasteiger partial charge in [0.25, 0.3) is 0 Å². The minimum atomic E-state index is -0.889. The Hall–Kier alpha value is -0.340. The molecule has 0 aromatic carbocycles. The maximum atomic E-state index is 8.50.